The third kappa shape index (κ3) is 4.37. The lowest BCUT2D eigenvalue weighted by atomic mass is 9.94. The Bertz CT molecular complexity index is 569. The smallest absolute Gasteiger partial charge is 0.331 e. The summed E-state index contributed by atoms with van der Waals surface area (Å²) in [6, 6.07) is 5.24. The number of hydrazine groups is 1. The summed E-state index contributed by atoms with van der Waals surface area (Å²) in [5.41, 5.74) is 5.92. The number of rotatable bonds is 3. The lowest BCUT2D eigenvalue weighted by Crippen LogP contribution is -2.41. The third-order valence-electron chi connectivity index (χ3n) is 3.54. The first kappa shape index (κ1) is 16.6. The Balaban J connectivity index is 1.97. The molecule has 0 aliphatic heterocycles. The van der Waals surface area contributed by atoms with Crippen LogP contribution in [0.1, 0.15) is 31.7 Å². The van der Waals surface area contributed by atoms with Crippen LogP contribution in [0.2, 0.25) is 0 Å². The van der Waals surface area contributed by atoms with Gasteiger partial charge >= 0.3 is 6.18 Å². The minimum Gasteiger partial charge on any atom is -0.331 e. The molecule has 1 aliphatic rings. The van der Waals surface area contributed by atoms with Crippen LogP contribution < -0.4 is 16.2 Å². The Morgan fingerprint density at radius 2 is 2.00 bits per heavy atom. The van der Waals surface area contributed by atoms with Gasteiger partial charge in [0.15, 0.2) is 5.11 Å². The molecule has 0 fully saturated rings. The summed E-state index contributed by atoms with van der Waals surface area (Å²) < 4.78 is 38.7. The van der Waals surface area contributed by atoms with Crippen molar-refractivity contribution < 1.29 is 13.2 Å². The van der Waals surface area contributed by atoms with Crippen LogP contribution >= 0.6 is 12.2 Å². The predicted molar refractivity (Wildman–Crippen MR) is 85.0 cm³/mol. The first-order chi connectivity index (χ1) is 10.4. The van der Waals surface area contributed by atoms with E-state index in [0.717, 1.165) is 31.0 Å². The molecule has 1 atom stereocenters. The lowest BCUT2D eigenvalue weighted by molar-refractivity contribution is -0.136. The van der Waals surface area contributed by atoms with Gasteiger partial charge in [-0.1, -0.05) is 25.1 Å². The van der Waals surface area contributed by atoms with Crippen LogP contribution in [-0.2, 0) is 6.18 Å². The van der Waals surface area contributed by atoms with Crippen molar-refractivity contribution in [1.82, 2.24) is 10.9 Å². The number of anilines is 1. The maximum absolute atomic E-state index is 12.9. The van der Waals surface area contributed by atoms with Gasteiger partial charge in [-0.25, -0.2) is 0 Å². The Hall–Kier alpha value is -1.76. The third-order valence-corrected chi connectivity index (χ3v) is 3.74. The number of nitrogens with one attached hydrogen (secondary N) is 3. The number of hydrogen-bond donors (Lipinski definition) is 3. The van der Waals surface area contributed by atoms with E-state index in [1.54, 1.807) is 0 Å². The summed E-state index contributed by atoms with van der Waals surface area (Å²) in [4.78, 5) is 0. The highest BCUT2D eigenvalue weighted by molar-refractivity contribution is 7.80. The van der Waals surface area contributed by atoms with Gasteiger partial charge in [-0.3, -0.25) is 5.43 Å². The molecule has 0 aromatic heterocycles. The summed E-state index contributed by atoms with van der Waals surface area (Å²) in [5.74, 6) is 0.381. The van der Waals surface area contributed by atoms with Crippen molar-refractivity contribution in [3.8, 4) is 0 Å². The van der Waals surface area contributed by atoms with E-state index in [1.807, 2.05) is 0 Å². The number of benzene rings is 1. The Morgan fingerprint density at radius 1 is 1.27 bits per heavy atom. The minimum atomic E-state index is -4.42. The Kier molecular flexibility index (Phi) is 5.28. The number of para-hydroxylation sites is 1. The Labute approximate surface area is 132 Å². The Morgan fingerprint density at radius 3 is 2.68 bits per heavy atom. The molecule has 7 heteroatoms. The van der Waals surface area contributed by atoms with E-state index in [9.17, 15) is 13.2 Å². The number of thiocarbonyl (C=S) groups is 1. The van der Waals surface area contributed by atoms with E-state index in [0.29, 0.717) is 5.92 Å². The molecule has 0 bridgehead atoms. The van der Waals surface area contributed by atoms with E-state index in [2.05, 4.69) is 29.2 Å². The molecule has 1 aromatic carbocycles. The second-order valence-corrected chi connectivity index (χ2v) is 5.65. The molecular weight excluding hydrogens is 311 g/mol. The SMILES string of the molecule is C[C@@H]1CCCC=C1NNC(=S)Nc1ccccc1C(F)(F)F. The molecule has 1 aromatic rings. The molecule has 0 amide bonds. The number of alkyl halides is 3. The largest absolute Gasteiger partial charge is 0.418 e. The van der Waals surface area contributed by atoms with Crippen molar-refractivity contribution in [2.45, 2.75) is 32.4 Å². The molecule has 0 spiro atoms. The highest BCUT2D eigenvalue weighted by Crippen LogP contribution is 2.34. The van der Waals surface area contributed by atoms with Gasteiger partial charge in [0.05, 0.1) is 11.3 Å². The van der Waals surface area contributed by atoms with Gasteiger partial charge < -0.3 is 10.7 Å². The van der Waals surface area contributed by atoms with Crippen LogP contribution in [0.15, 0.2) is 36.0 Å². The van der Waals surface area contributed by atoms with E-state index < -0.39 is 11.7 Å². The second kappa shape index (κ2) is 7.00. The number of hydrogen-bond acceptors (Lipinski definition) is 2. The lowest BCUT2D eigenvalue weighted by Gasteiger charge is -2.23. The zero-order valence-corrected chi connectivity index (χ0v) is 12.9. The van der Waals surface area contributed by atoms with Gasteiger partial charge in [0.2, 0.25) is 0 Å². The number of allylic oxidation sites excluding steroid dienone is 2. The van der Waals surface area contributed by atoms with Crippen LogP contribution in [0.4, 0.5) is 18.9 Å². The zero-order valence-electron chi connectivity index (χ0n) is 12.1. The molecule has 3 N–H and O–H groups in total. The van der Waals surface area contributed by atoms with E-state index in [-0.39, 0.29) is 10.8 Å². The van der Waals surface area contributed by atoms with Crippen LogP contribution in [0.25, 0.3) is 0 Å². The van der Waals surface area contributed by atoms with E-state index >= 15 is 0 Å². The van der Waals surface area contributed by atoms with Gasteiger partial charge in [-0.15, -0.1) is 0 Å². The van der Waals surface area contributed by atoms with Gasteiger partial charge in [0.25, 0.3) is 0 Å². The first-order valence-electron chi connectivity index (χ1n) is 7.07. The van der Waals surface area contributed by atoms with Crippen molar-refractivity contribution >= 4 is 23.0 Å². The predicted octanol–water partition coefficient (Wildman–Crippen LogP) is 4.20. The van der Waals surface area contributed by atoms with Gasteiger partial charge in [-0.05, 0) is 49.5 Å². The van der Waals surface area contributed by atoms with Crippen LogP contribution in [0, 0.1) is 5.92 Å². The van der Waals surface area contributed by atoms with Crippen molar-refractivity contribution in [3.05, 3.63) is 41.6 Å². The van der Waals surface area contributed by atoms with Crippen molar-refractivity contribution in [1.29, 1.82) is 0 Å². The molecule has 0 saturated carbocycles. The quantitative estimate of drug-likeness (QED) is 0.574. The van der Waals surface area contributed by atoms with Crippen LogP contribution in [0.5, 0.6) is 0 Å². The summed E-state index contributed by atoms with van der Waals surface area (Å²) >= 11 is 5.05. The van der Waals surface area contributed by atoms with E-state index in [1.165, 1.54) is 18.2 Å². The molecule has 2 rings (SSSR count). The van der Waals surface area contributed by atoms with E-state index in [4.69, 9.17) is 12.2 Å². The average molecular weight is 329 g/mol. The molecule has 1 aliphatic carbocycles. The molecule has 0 unspecified atom stereocenters. The molecule has 0 saturated heterocycles. The maximum atomic E-state index is 12.9. The van der Waals surface area contributed by atoms with Crippen molar-refractivity contribution in [2.75, 3.05) is 5.32 Å². The topological polar surface area (TPSA) is 36.1 Å². The normalized spacial score (nSPS) is 18.4. The molecule has 0 heterocycles. The summed E-state index contributed by atoms with van der Waals surface area (Å²) in [7, 11) is 0. The fourth-order valence-electron chi connectivity index (χ4n) is 2.33. The van der Waals surface area contributed by atoms with Crippen LogP contribution in [0.3, 0.4) is 0 Å². The summed E-state index contributed by atoms with van der Waals surface area (Å²) in [6.45, 7) is 2.09. The molecule has 120 valence electrons. The van der Waals surface area contributed by atoms with Crippen LogP contribution in [-0.4, -0.2) is 5.11 Å². The van der Waals surface area contributed by atoms with Gasteiger partial charge in [-0.2, -0.15) is 13.2 Å². The fraction of sp³-hybridized carbons (Fsp3) is 0.400. The zero-order chi connectivity index (χ0) is 16.2. The monoisotopic (exact) mass is 329 g/mol. The molecule has 3 nitrogen and oxygen atoms in total. The average Bonchev–Trinajstić information content (AvgIpc) is 2.46. The molecule has 22 heavy (non-hydrogen) atoms. The van der Waals surface area contributed by atoms with Crippen molar-refractivity contribution in [3.63, 3.8) is 0 Å². The highest BCUT2D eigenvalue weighted by Gasteiger charge is 2.33. The molecule has 0 radical (unpaired) electrons. The maximum Gasteiger partial charge on any atom is 0.418 e. The summed E-state index contributed by atoms with van der Waals surface area (Å²) in [6.07, 6.45) is 0.873. The molecular formula is C15H18F3N3S. The first-order valence-corrected chi connectivity index (χ1v) is 7.48. The standard InChI is InChI=1S/C15H18F3N3S/c1-10-6-2-4-8-12(10)20-21-14(22)19-13-9-5-3-7-11(13)15(16,17)18/h3,5,7-10,20H,2,4,6H2,1H3,(H2,19,21,22)/t10-/m1/s1. The fourth-order valence-corrected chi connectivity index (χ4v) is 2.50. The second-order valence-electron chi connectivity index (χ2n) is 5.24. The van der Waals surface area contributed by atoms with Gasteiger partial charge in [0.1, 0.15) is 0 Å². The van der Waals surface area contributed by atoms with Gasteiger partial charge in [0, 0.05) is 5.70 Å². The number of halogens is 3. The highest BCUT2D eigenvalue weighted by atomic mass is 32.1. The minimum absolute atomic E-state index is 0.0695. The summed E-state index contributed by atoms with van der Waals surface area (Å²) in [5, 5.41) is 2.68. The van der Waals surface area contributed by atoms with Crippen molar-refractivity contribution in [2.24, 2.45) is 5.92 Å².